The summed E-state index contributed by atoms with van der Waals surface area (Å²) in [7, 11) is 0. The largest absolute Gasteiger partial charge is 0.294 e. The minimum absolute atomic E-state index is 0.0221. The number of benzene rings is 2. The molecule has 0 bridgehead atoms. The SMILES string of the molecule is CCSc1ccc(Cl)cc1Cn1cnc2ccc(C)cc2c1=O. The first-order chi connectivity index (χ1) is 11.1. The number of aromatic nitrogens is 2. The van der Waals surface area contributed by atoms with Crippen molar-refractivity contribution in [1.29, 1.82) is 0 Å². The van der Waals surface area contributed by atoms with Crippen LogP contribution in [0.2, 0.25) is 5.02 Å². The zero-order valence-corrected chi connectivity index (χ0v) is 14.6. The summed E-state index contributed by atoms with van der Waals surface area (Å²) < 4.78 is 1.65. The third kappa shape index (κ3) is 3.43. The molecule has 0 fully saturated rings. The van der Waals surface area contributed by atoms with Crippen molar-refractivity contribution in [3.8, 4) is 0 Å². The molecular weight excluding hydrogens is 328 g/mol. The van der Waals surface area contributed by atoms with Crippen LogP contribution in [0, 0.1) is 6.92 Å². The van der Waals surface area contributed by atoms with Gasteiger partial charge in [0.1, 0.15) is 0 Å². The molecule has 118 valence electrons. The van der Waals surface area contributed by atoms with Crippen LogP contribution in [0.25, 0.3) is 10.9 Å². The van der Waals surface area contributed by atoms with E-state index < -0.39 is 0 Å². The molecule has 0 saturated heterocycles. The lowest BCUT2D eigenvalue weighted by Crippen LogP contribution is -2.21. The van der Waals surface area contributed by atoms with Gasteiger partial charge in [0.2, 0.25) is 0 Å². The molecule has 2 aromatic carbocycles. The normalized spacial score (nSPS) is 11.1. The molecule has 1 aromatic heterocycles. The average Bonchev–Trinajstić information content (AvgIpc) is 2.53. The molecule has 0 radical (unpaired) electrons. The summed E-state index contributed by atoms with van der Waals surface area (Å²) in [6, 6.07) is 11.6. The lowest BCUT2D eigenvalue weighted by Gasteiger charge is -2.11. The van der Waals surface area contributed by atoms with E-state index in [1.165, 1.54) is 0 Å². The van der Waals surface area contributed by atoms with E-state index in [0.29, 0.717) is 17.0 Å². The van der Waals surface area contributed by atoms with Gasteiger partial charge in [-0.3, -0.25) is 9.36 Å². The molecule has 0 aliphatic carbocycles. The fourth-order valence-corrected chi connectivity index (χ4v) is 3.52. The molecule has 3 nitrogen and oxygen atoms in total. The second-order valence-electron chi connectivity index (χ2n) is 5.38. The van der Waals surface area contributed by atoms with Crippen LogP contribution in [0.3, 0.4) is 0 Å². The first-order valence-electron chi connectivity index (χ1n) is 7.45. The number of fused-ring (bicyclic) bond motifs is 1. The monoisotopic (exact) mass is 344 g/mol. The van der Waals surface area contributed by atoms with Gasteiger partial charge in [-0.1, -0.05) is 30.2 Å². The number of nitrogens with zero attached hydrogens (tertiary/aromatic N) is 2. The number of halogens is 1. The van der Waals surface area contributed by atoms with Crippen molar-refractivity contribution >= 4 is 34.3 Å². The van der Waals surface area contributed by atoms with Gasteiger partial charge >= 0.3 is 0 Å². The topological polar surface area (TPSA) is 34.9 Å². The van der Waals surface area contributed by atoms with Gasteiger partial charge in [-0.25, -0.2) is 4.98 Å². The van der Waals surface area contributed by atoms with Crippen molar-refractivity contribution in [1.82, 2.24) is 9.55 Å². The van der Waals surface area contributed by atoms with Crippen LogP contribution in [-0.2, 0) is 6.54 Å². The van der Waals surface area contributed by atoms with Crippen LogP contribution in [0.5, 0.6) is 0 Å². The minimum Gasteiger partial charge on any atom is -0.294 e. The predicted molar refractivity (Wildman–Crippen MR) is 97.7 cm³/mol. The van der Waals surface area contributed by atoms with Crippen molar-refractivity contribution in [2.24, 2.45) is 0 Å². The van der Waals surface area contributed by atoms with Crippen LogP contribution in [0.4, 0.5) is 0 Å². The molecule has 0 N–H and O–H groups in total. The smallest absolute Gasteiger partial charge is 0.261 e. The fourth-order valence-electron chi connectivity index (χ4n) is 2.54. The highest BCUT2D eigenvalue weighted by molar-refractivity contribution is 7.99. The predicted octanol–water partition coefficient (Wildman–Crippen LogP) is 4.52. The van der Waals surface area contributed by atoms with Crippen molar-refractivity contribution in [3.63, 3.8) is 0 Å². The summed E-state index contributed by atoms with van der Waals surface area (Å²) in [5, 5.41) is 1.33. The van der Waals surface area contributed by atoms with Gasteiger partial charge in [-0.2, -0.15) is 0 Å². The Kier molecular flexibility index (Phi) is 4.74. The first kappa shape index (κ1) is 16.1. The van der Waals surface area contributed by atoms with Crippen LogP contribution < -0.4 is 5.56 Å². The summed E-state index contributed by atoms with van der Waals surface area (Å²) in [5.74, 6) is 0.971. The van der Waals surface area contributed by atoms with Crippen LogP contribution >= 0.6 is 23.4 Å². The Hall–Kier alpha value is -1.78. The number of aryl methyl sites for hydroxylation is 1. The summed E-state index contributed by atoms with van der Waals surface area (Å²) >= 11 is 7.87. The summed E-state index contributed by atoms with van der Waals surface area (Å²) in [6.07, 6.45) is 1.61. The van der Waals surface area contributed by atoms with Crippen molar-refractivity contribution < 1.29 is 0 Å². The molecule has 23 heavy (non-hydrogen) atoms. The molecule has 3 rings (SSSR count). The van der Waals surface area contributed by atoms with Gasteiger partial charge in [0, 0.05) is 9.92 Å². The van der Waals surface area contributed by atoms with Crippen molar-refractivity contribution in [3.05, 3.63) is 69.2 Å². The van der Waals surface area contributed by atoms with Gasteiger partial charge in [-0.15, -0.1) is 11.8 Å². The Morgan fingerprint density at radius 3 is 2.83 bits per heavy atom. The van der Waals surface area contributed by atoms with E-state index >= 15 is 0 Å². The van der Waals surface area contributed by atoms with Crippen molar-refractivity contribution in [2.75, 3.05) is 5.75 Å². The molecule has 0 aliphatic rings. The zero-order valence-electron chi connectivity index (χ0n) is 13.0. The molecule has 5 heteroatoms. The van der Waals surface area contributed by atoms with Gasteiger partial charge in [0.05, 0.1) is 23.8 Å². The molecule has 0 saturated carbocycles. The molecule has 0 spiro atoms. The van der Waals surface area contributed by atoms with E-state index in [9.17, 15) is 4.79 Å². The highest BCUT2D eigenvalue weighted by atomic mass is 35.5. The second-order valence-corrected chi connectivity index (χ2v) is 7.13. The molecular formula is C18H17ClN2OS. The Morgan fingerprint density at radius 2 is 2.04 bits per heavy atom. The van der Waals surface area contributed by atoms with Gasteiger partial charge in [0.25, 0.3) is 5.56 Å². The average molecular weight is 345 g/mol. The quantitative estimate of drug-likeness (QED) is 0.653. The van der Waals surface area contributed by atoms with E-state index in [4.69, 9.17) is 11.6 Å². The second kappa shape index (κ2) is 6.77. The Balaban J connectivity index is 2.07. The molecule has 0 amide bonds. The molecule has 0 atom stereocenters. The zero-order chi connectivity index (χ0) is 16.4. The van der Waals surface area contributed by atoms with E-state index in [0.717, 1.165) is 27.3 Å². The number of hydrogen-bond donors (Lipinski definition) is 0. The van der Waals surface area contributed by atoms with E-state index in [1.807, 2.05) is 43.3 Å². The Bertz CT molecular complexity index is 921. The Labute approximate surface area is 144 Å². The highest BCUT2D eigenvalue weighted by Gasteiger charge is 2.09. The lowest BCUT2D eigenvalue weighted by molar-refractivity contribution is 0.738. The van der Waals surface area contributed by atoms with E-state index in [-0.39, 0.29) is 5.56 Å². The molecule has 1 heterocycles. The molecule has 0 unspecified atom stereocenters. The van der Waals surface area contributed by atoms with Gasteiger partial charge in [-0.05, 0) is 48.6 Å². The fraction of sp³-hybridized carbons (Fsp3) is 0.222. The number of thioether (sulfide) groups is 1. The highest BCUT2D eigenvalue weighted by Crippen LogP contribution is 2.26. The van der Waals surface area contributed by atoms with Crippen LogP contribution in [0.1, 0.15) is 18.1 Å². The summed E-state index contributed by atoms with van der Waals surface area (Å²) in [4.78, 5) is 18.3. The van der Waals surface area contributed by atoms with Gasteiger partial charge < -0.3 is 0 Å². The third-order valence-corrected chi connectivity index (χ3v) is 4.88. The summed E-state index contributed by atoms with van der Waals surface area (Å²) in [6.45, 7) is 4.55. The molecule has 3 aromatic rings. The maximum atomic E-state index is 12.7. The maximum Gasteiger partial charge on any atom is 0.261 e. The van der Waals surface area contributed by atoms with Crippen LogP contribution in [0.15, 0.2) is 52.4 Å². The Morgan fingerprint density at radius 1 is 1.22 bits per heavy atom. The van der Waals surface area contributed by atoms with Crippen LogP contribution in [-0.4, -0.2) is 15.3 Å². The van der Waals surface area contributed by atoms with Gasteiger partial charge in [0.15, 0.2) is 0 Å². The van der Waals surface area contributed by atoms with Crippen molar-refractivity contribution in [2.45, 2.75) is 25.3 Å². The maximum absolute atomic E-state index is 12.7. The standard InChI is InChI=1S/C18H17ClN2OS/c1-3-23-17-7-5-14(19)9-13(17)10-21-11-20-16-6-4-12(2)8-15(16)18(21)22/h4-9,11H,3,10H2,1-2H3. The number of hydrogen-bond acceptors (Lipinski definition) is 3. The minimum atomic E-state index is -0.0221. The number of rotatable bonds is 4. The summed E-state index contributed by atoms with van der Waals surface area (Å²) in [5.41, 5.74) is 2.80. The molecule has 0 aliphatic heterocycles. The lowest BCUT2D eigenvalue weighted by atomic mass is 10.1. The van der Waals surface area contributed by atoms with E-state index in [1.54, 1.807) is 22.7 Å². The first-order valence-corrected chi connectivity index (χ1v) is 8.82. The van der Waals surface area contributed by atoms with E-state index in [2.05, 4.69) is 11.9 Å². The third-order valence-electron chi connectivity index (χ3n) is 3.64.